The highest BCUT2D eigenvalue weighted by Gasteiger charge is 2.38. The molecule has 0 bridgehead atoms. The Kier molecular flexibility index (Phi) is 3.25. The summed E-state index contributed by atoms with van der Waals surface area (Å²) in [7, 11) is -3.63. The Hall–Kier alpha value is -1.05. The summed E-state index contributed by atoms with van der Waals surface area (Å²) >= 11 is 0. The molecule has 0 radical (unpaired) electrons. The molecule has 0 spiro atoms. The van der Waals surface area contributed by atoms with Crippen molar-refractivity contribution in [1.82, 2.24) is 0 Å². The molecule has 12 heavy (non-hydrogen) atoms. The molecule has 0 aliphatic rings. The Morgan fingerprint density at radius 1 is 1.33 bits per heavy atom. The second kappa shape index (κ2) is 3.57. The van der Waals surface area contributed by atoms with Gasteiger partial charge in [0.05, 0.1) is 0 Å². The third kappa shape index (κ3) is 3.37. The van der Waals surface area contributed by atoms with Crippen molar-refractivity contribution in [3.8, 4) is 0 Å². The van der Waals surface area contributed by atoms with Gasteiger partial charge >= 0.3 is 23.1 Å². The number of thiol groups is 1. The smallest absolute Gasteiger partial charge is 0.343 e. The monoisotopic (exact) mass is 204 g/mol. The Labute approximate surface area is 66.8 Å². The molecule has 4 nitrogen and oxygen atoms in total. The summed E-state index contributed by atoms with van der Waals surface area (Å²) < 4.78 is 57.1. The van der Waals surface area contributed by atoms with Gasteiger partial charge in [-0.1, -0.05) is 6.58 Å². The van der Waals surface area contributed by atoms with Crippen LogP contribution in [-0.2, 0) is 20.0 Å². The molecule has 0 aliphatic carbocycles. The van der Waals surface area contributed by atoms with Crippen LogP contribution in [0.1, 0.15) is 0 Å². The molecule has 0 aromatic carbocycles. The molecule has 0 heterocycles. The van der Waals surface area contributed by atoms with Crippen molar-refractivity contribution in [3.05, 3.63) is 12.2 Å². The first-order valence-corrected chi connectivity index (χ1v) is 3.47. The van der Waals surface area contributed by atoms with E-state index in [2.05, 4.69) is 10.8 Å². The van der Waals surface area contributed by atoms with E-state index in [9.17, 15) is 26.4 Å². The number of hydrogen-bond acceptors (Lipinski definition) is 4. The first-order valence-electron chi connectivity index (χ1n) is 2.38. The number of hydrogen-bond donors (Lipinski definition) is 1. The van der Waals surface area contributed by atoms with Crippen LogP contribution in [-0.4, -0.2) is 20.6 Å². The van der Waals surface area contributed by atoms with Crippen molar-refractivity contribution in [1.29, 1.82) is 0 Å². The van der Waals surface area contributed by atoms with Gasteiger partial charge in [-0.15, -0.1) is 0 Å². The zero-order valence-electron chi connectivity index (χ0n) is 5.42. The number of carbonyl (C=O) groups excluding carboxylic acids is 1. The maximum absolute atomic E-state index is 11.6. The van der Waals surface area contributed by atoms with Crippen LogP contribution in [0.3, 0.4) is 0 Å². The van der Waals surface area contributed by atoms with Crippen molar-refractivity contribution in [2.75, 3.05) is 0 Å². The third-order valence-corrected chi connectivity index (χ3v) is 1.06. The van der Waals surface area contributed by atoms with Crippen molar-refractivity contribution in [2.24, 2.45) is 0 Å². The van der Waals surface area contributed by atoms with Crippen LogP contribution in [0.2, 0.25) is 0 Å². The molecule has 0 amide bonds. The van der Waals surface area contributed by atoms with E-state index in [0.29, 0.717) is 0 Å². The summed E-state index contributed by atoms with van der Waals surface area (Å²) in [5.41, 5.74) is -1.86. The van der Waals surface area contributed by atoms with Gasteiger partial charge in [0.1, 0.15) is 5.57 Å². The molecule has 0 atom stereocenters. The molecule has 0 fully saturated rings. The minimum atomic E-state index is -4.97. The van der Waals surface area contributed by atoms with Crippen LogP contribution in [0.15, 0.2) is 12.2 Å². The van der Waals surface area contributed by atoms with E-state index >= 15 is 0 Å². The highest BCUT2D eigenvalue weighted by atomic mass is 32.2. The largest absolute Gasteiger partial charge is 0.422 e. The highest BCUT2D eigenvalue weighted by Crippen LogP contribution is 2.24. The van der Waals surface area contributed by atoms with E-state index in [1.165, 1.54) is 0 Å². The van der Waals surface area contributed by atoms with Crippen LogP contribution in [0.25, 0.3) is 0 Å². The van der Waals surface area contributed by atoms with Crippen molar-refractivity contribution in [2.45, 2.75) is 6.18 Å². The molecule has 0 saturated heterocycles. The van der Waals surface area contributed by atoms with Crippen LogP contribution in [0.5, 0.6) is 0 Å². The van der Waals surface area contributed by atoms with Gasteiger partial charge in [0.25, 0.3) is 0 Å². The third-order valence-electron chi connectivity index (χ3n) is 0.746. The topological polar surface area (TPSA) is 60.4 Å². The fourth-order valence-corrected chi connectivity index (χ4v) is 0.484. The Bertz CT molecular complexity index is 269. The molecule has 0 N–H and O–H groups in total. The van der Waals surface area contributed by atoms with Crippen molar-refractivity contribution >= 4 is 17.0 Å². The molecule has 8 heteroatoms. The predicted octanol–water partition coefficient (Wildman–Crippen LogP) is 0.175. The zero-order valence-corrected chi connectivity index (χ0v) is 6.32. The van der Waals surface area contributed by atoms with Crippen molar-refractivity contribution < 1.29 is 30.6 Å². The SMILES string of the molecule is C=C(C(=O)O[SH](=O)=O)C(F)(F)F. The van der Waals surface area contributed by atoms with Gasteiger partial charge in [-0.3, -0.25) is 0 Å². The average molecular weight is 204 g/mol. The molecule has 0 aromatic heterocycles. The summed E-state index contributed by atoms with van der Waals surface area (Å²) in [6.07, 6.45) is -4.97. The lowest BCUT2D eigenvalue weighted by atomic mass is 10.3. The number of alkyl halides is 3. The molecule has 0 aromatic rings. The number of rotatable bonds is 2. The van der Waals surface area contributed by atoms with Gasteiger partial charge in [0.2, 0.25) is 0 Å². The number of halogens is 3. The zero-order chi connectivity index (χ0) is 9.94. The molecule has 0 saturated carbocycles. The van der Waals surface area contributed by atoms with Crippen LogP contribution >= 0.6 is 0 Å². The normalized spacial score (nSPS) is 11.3. The standard InChI is InChI=1S/C4H3F3O4S/c1-2(4(5,6)7)3(8)11-12(9)10/h12H,1H2. The maximum Gasteiger partial charge on any atom is 0.422 e. The van der Waals surface area contributed by atoms with Crippen LogP contribution < -0.4 is 0 Å². The maximum atomic E-state index is 11.6. The summed E-state index contributed by atoms with van der Waals surface area (Å²) in [5.74, 6) is -2.02. The quantitative estimate of drug-likeness (QED) is 0.514. The summed E-state index contributed by atoms with van der Waals surface area (Å²) in [6.45, 7) is 2.31. The van der Waals surface area contributed by atoms with Gasteiger partial charge in [-0.2, -0.15) is 21.6 Å². The molecular weight excluding hydrogens is 201 g/mol. The van der Waals surface area contributed by atoms with E-state index in [-0.39, 0.29) is 0 Å². The van der Waals surface area contributed by atoms with Crippen LogP contribution in [0.4, 0.5) is 13.2 Å². The predicted molar refractivity (Wildman–Crippen MR) is 31.6 cm³/mol. The van der Waals surface area contributed by atoms with Crippen LogP contribution in [0, 0.1) is 0 Å². The average Bonchev–Trinajstić information content (AvgIpc) is 1.82. The van der Waals surface area contributed by atoms with Gasteiger partial charge in [0.15, 0.2) is 0 Å². The first kappa shape index (κ1) is 11.0. The van der Waals surface area contributed by atoms with Gasteiger partial charge < -0.3 is 4.18 Å². The lowest BCUT2D eigenvalue weighted by Crippen LogP contribution is -2.20. The molecule has 0 unspecified atom stereocenters. The van der Waals surface area contributed by atoms with E-state index in [4.69, 9.17) is 0 Å². The molecule has 70 valence electrons. The van der Waals surface area contributed by atoms with E-state index in [1.54, 1.807) is 0 Å². The summed E-state index contributed by atoms with van der Waals surface area (Å²) in [6, 6.07) is 0. The van der Waals surface area contributed by atoms with E-state index in [0.717, 1.165) is 0 Å². The van der Waals surface area contributed by atoms with Crippen molar-refractivity contribution in [3.63, 3.8) is 0 Å². The summed E-state index contributed by atoms with van der Waals surface area (Å²) in [4.78, 5) is 10.2. The molecular formula is C4H3F3O4S. The van der Waals surface area contributed by atoms with E-state index in [1.807, 2.05) is 0 Å². The lowest BCUT2D eigenvalue weighted by molar-refractivity contribution is -0.141. The molecule has 0 aliphatic heterocycles. The Morgan fingerprint density at radius 3 is 2.00 bits per heavy atom. The molecule has 0 rings (SSSR count). The van der Waals surface area contributed by atoms with Gasteiger partial charge in [-0.05, 0) is 0 Å². The fourth-order valence-electron chi connectivity index (χ4n) is 0.239. The highest BCUT2D eigenvalue weighted by molar-refractivity contribution is 7.67. The Morgan fingerprint density at radius 2 is 1.75 bits per heavy atom. The van der Waals surface area contributed by atoms with Gasteiger partial charge in [0, 0.05) is 0 Å². The lowest BCUT2D eigenvalue weighted by Gasteiger charge is -2.05. The fraction of sp³-hybridized carbons (Fsp3) is 0.250. The van der Waals surface area contributed by atoms with E-state index < -0.39 is 28.7 Å². The second-order valence-corrected chi connectivity index (χ2v) is 2.21. The second-order valence-electron chi connectivity index (χ2n) is 1.58. The Balaban J connectivity index is 4.42. The first-order chi connectivity index (χ1) is 5.25. The minimum absolute atomic E-state index is 1.86. The van der Waals surface area contributed by atoms with Gasteiger partial charge in [-0.25, -0.2) is 4.79 Å². The summed E-state index contributed by atoms with van der Waals surface area (Å²) in [5, 5.41) is 0. The number of carbonyl (C=O) groups is 1. The minimum Gasteiger partial charge on any atom is -0.343 e.